The lowest BCUT2D eigenvalue weighted by Crippen LogP contribution is -2.21. The van der Waals surface area contributed by atoms with Crippen molar-refractivity contribution in [2.75, 3.05) is 18.4 Å². The van der Waals surface area contributed by atoms with E-state index < -0.39 is 0 Å². The summed E-state index contributed by atoms with van der Waals surface area (Å²) in [6.07, 6.45) is 4.29. The highest BCUT2D eigenvalue weighted by Crippen LogP contribution is 2.38. The summed E-state index contributed by atoms with van der Waals surface area (Å²) in [5, 5.41) is 24.4. The standard InChI is InChI=1S/C35H32ClN5O3/c1-20-26(5-3-7-28(20)35-40-31-15-22(19-42)14-29(36)33(31)44-35)27-6-4-8-30(21(27)2)39-34-32-24(9-11-37-34)13-23(16-38-32)17-41-12-10-25(43)18-41/h3-9,11,13-16,25,42-43H,10,12,17-19H2,1-2H3,(H,37,39)/t25-/m1/s1. The molecule has 7 rings (SSSR count). The van der Waals surface area contributed by atoms with Crippen LogP contribution in [0.1, 0.15) is 28.7 Å². The van der Waals surface area contributed by atoms with Gasteiger partial charge in [-0.1, -0.05) is 35.9 Å². The topological polar surface area (TPSA) is 108 Å². The molecule has 6 aromatic rings. The second-order valence-corrected chi connectivity index (χ2v) is 11.8. The molecule has 0 unspecified atom stereocenters. The number of pyridine rings is 2. The molecule has 1 saturated heterocycles. The normalized spacial score (nSPS) is 15.4. The number of likely N-dealkylation sites (tertiary alicyclic amines) is 1. The number of fused-ring (bicyclic) bond motifs is 2. The Labute approximate surface area is 260 Å². The third kappa shape index (κ3) is 5.31. The Morgan fingerprint density at radius 3 is 2.57 bits per heavy atom. The van der Waals surface area contributed by atoms with Crippen LogP contribution in [0.25, 0.3) is 44.6 Å². The Morgan fingerprint density at radius 2 is 1.77 bits per heavy atom. The smallest absolute Gasteiger partial charge is 0.227 e. The van der Waals surface area contributed by atoms with Crippen LogP contribution in [0.4, 0.5) is 11.5 Å². The molecule has 0 bridgehead atoms. The summed E-state index contributed by atoms with van der Waals surface area (Å²) in [6.45, 7) is 6.41. The van der Waals surface area contributed by atoms with Crippen LogP contribution in [-0.2, 0) is 13.2 Å². The van der Waals surface area contributed by atoms with Crippen molar-refractivity contribution in [2.45, 2.75) is 39.5 Å². The summed E-state index contributed by atoms with van der Waals surface area (Å²) in [4.78, 5) is 16.4. The van der Waals surface area contributed by atoms with E-state index in [9.17, 15) is 10.2 Å². The molecule has 0 amide bonds. The molecule has 0 spiro atoms. The van der Waals surface area contributed by atoms with Crippen LogP contribution < -0.4 is 5.32 Å². The fourth-order valence-corrected chi connectivity index (χ4v) is 6.38. The third-order valence-corrected chi connectivity index (χ3v) is 8.72. The van der Waals surface area contributed by atoms with Crippen LogP contribution in [0.3, 0.4) is 0 Å². The zero-order chi connectivity index (χ0) is 30.4. The van der Waals surface area contributed by atoms with Crippen LogP contribution in [0.15, 0.2) is 77.5 Å². The van der Waals surface area contributed by atoms with Gasteiger partial charge >= 0.3 is 0 Å². The van der Waals surface area contributed by atoms with Gasteiger partial charge in [-0.3, -0.25) is 9.88 Å². The number of β-amino-alcohol motifs (C(OH)–C–C–N with tert-alkyl or cyclic N) is 1. The lowest BCUT2D eigenvalue weighted by molar-refractivity contribution is 0.175. The first kappa shape index (κ1) is 28.4. The minimum atomic E-state index is -0.240. The van der Waals surface area contributed by atoms with Crippen molar-refractivity contribution < 1.29 is 14.6 Å². The molecular formula is C35H32ClN5O3. The van der Waals surface area contributed by atoms with E-state index in [-0.39, 0.29) is 12.7 Å². The second kappa shape index (κ2) is 11.6. The fourth-order valence-electron chi connectivity index (χ4n) is 6.10. The van der Waals surface area contributed by atoms with E-state index in [1.165, 1.54) is 0 Å². The number of nitrogens with one attached hydrogen (secondary N) is 1. The SMILES string of the molecule is Cc1c(Nc2nccc3cc(CN4CC[C@@H](O)C4)cnc23)cccc1-c1cccc(-c2nc3cc(CO)cc(Cl)c3o2)c1C. The van der Waals surface area contributed by atoms with Crippen LogP contribution in [0, 0.1) is 13.8 Å². The molecule has 1 atom stereocenters. The fraction of sp³-hybridized carbons (Fsp3) is 0.229. The van der Waals surface area contributed by atoms with Gasteiger partial charge in [-0.2, -0.15) is 0 Å². The van der Waals surface area contributed by atoms with Gasteiger partial charge < -0.3 is 19.9 Å². The predicted octanol–water partition coefficient (Wildman–Crippen LogP) is 7.18. The predicted molar refractivity (Wildman–Crippen MR) is 174 cm³/mol. The van der Waals surface area contributed by atoms with E-state index in [0.717, 1.165) is 69.5 Å². The van der Waals surface area contributed by atoms with Crippen molar-refractivity contribution in [1.29, 1.82) is 0 Å². The van der Waals surface area contributed by atoms with Gasteiger partial charge in [-0.05, 0) is 90.0 Å². The van der Waals surface area contributed by atoms with Crippen molar-refractivity contribution in [3.63, 3.8) is 0 Å². The average Bonchev–Trinajstić information content (AvgIpc) is 3.64. The number of rotatable bonds is 7. The molecule has 3 aromatic heterocycles. The number of aliphatic hydroxyl groups is 2. The van der Waals surface area contributed by atoms with Gasteiger partial charge in [0.15, 0.2) is 11.4 Å². The maximum Gasteiger partial charge on any atom is 0.227 e. The number of anilines is 2. The molecule has 0 saturated carbocycles. The lowest BCUT2D eigenvalue weighted by atomic mass is 9.93. The number of aromatic nitrogens is 3. The minimum absolute atomic E-state index is 0.119. The summed E-state index contributed by atoms with van der Waals surface area (Å²) in [7, 11) is 0. The minimum Gasteiger partial charge on any atom is -0.434 e. The Hall–Kier alpha value is -4.34. The van der Waals surface area contributed by atoms with Crippen molar-refractivity contribution >= 4 is 45.1 Å². The second-order valence-electron chi connectivity index (χ2n) is 11.4. The van der Waals surface area contributed by atoms with Gasteiger partial charge in [0.25, 0.3) is 0 Å². The molecule has 9 heteroatoms. The largest absolute Gasteiger partial charge is 0.434 e. The van der Waals surface area contributed by atoms with E-state index in [0.29, 0.717) is 39.9 Å². The molecule has 3 aromatic carbocycles. The van der Waals surface area contributed by atoms with Gasteiger partial charge in [0.1, 0.15) is 11.0 Å². The highest BCUT2D eigenvalue weighted by Gasteiger charge is 2.21. The number of hydrogen-bond donors (Lipinski definition) is 3. The molecule has 4 heterocycles. The van der Waals surface area contributed by atoms with Crippen LogP contribution in [0.5, 0.6) is 0 Å². The van der Waals surface area contributed by atoms with Crippen LogP contribution in [-0.4, -0.2) is 49.3 Å². The monoisotopic (exact) mass is 605 g/mol. The zero-order valence-corrected chi connectivity index (χ0v) is 25.3. The van der Waals surface area contributed by atoms with Crippen molar-refractivity contribution in [2.24, 2.45) is 0 Å². The summed E-state index contributed by atoms with van der Waals surface area (Å²) in [6, 6.07) is 19.9. The van der Waals surface area contributed by atoms with E-state index >= 15 is 0 Å². The maximum absolute atomic E-state index is 9.88. The Morgan fingerprint density at radius 1 is 0.977 bits per heavy atom. The number of benzene rings is 3. The lowest BCUT2D eigenvalue weighted by Gasteiger charge is -2.17. The Balaban J connectivity index is 1.20. The van der Waals surface area contributed by atoms with Gasteiger partial charge in [0, 0.05) is 48.7 Å². The van der Waals surface area contributed by atoms with Gasteiger partial charge in [0.2, 0.25) is 5.89 Å². The molecule has 1 fully saturated rings. The first-order valence-corrected chi connectivity index (χ1v) is 15.1. The van der Waals surface area contributed by atoms with Crippen LogP contribution >= 0.6 is 11.6 Å². The molecule has 8 nitrogen and oxygen atoms in total. The number of oxazole rings is 1. The van der Waals surface area contributed by atoms with Gasteiger partial charge in [-0.25, -0.2) is 9.97 Å². The molecule has 1 aliphatic rings. The highest BCUT2D eigenvalue weighted by molar-refractivity contribution is 6.34. The number of hydrogen-bond acceptors (Lipinski definition) is 8. The van der Waals surface area contributed by atoms with E-state index in [2.05, 4.69) is 47.2 Å². The zero-order valence-electron chi connectivity index (χ0n) is 24.5. The Bertz CT molecular complexity index is 2020. The van der Waals surface area contributed by atoms with Gasteiger partial charge in [0.05, 0.1) is 17.7 Å². The maximum atomic E-state index is 9.88. The molecule has 222 valence electrons. The summed E-state index contributed by atoms with van der Waals surface area (Å²) >= 11 is 6.42. The van der Waals surface area contributed by atoms with Gasteiger partial charge in [-0.15, -0.1) is 0 Å². The highest BCUT2D eigenvalue weighted by atomic mass is 35.5. The first-order valence-electron chi connectivity index (χ1n) is 14.7. The molecular weight excluding hydrogens is 574 g/mol. The summed E-state index contributed by atoms with van der Waals surface area (Å²) in [5.74, 6) is 1.18. The van der Waals surface area contributed by atoms with Crippen LogP contribution in [0.2, 0.25) is 5.02 Å². The summed E-state index contributed by atoms with van der Waals surface area (Å²) in [5.41, 5.74) is 9.78. The van der Waals surface area contributed by atoms with Crippen molar-refractivity contribution in [3.05, 3.63) is 100 Å². The average molecular weight is 606 g/mol. The Kier molecular flexibility index (Phi) is 7.52. The van der Waals surface area contributed by atoms with E-state index in [1.807, 2.05) is 36.5 Å². The number of halogens is 1. The first-order chi connectivity index (χ1) is 21.4. The third-order valence-electron chi connectivity index (χ3n) is 8.44. The quantitative estimate of drug-likeness (QED) is 0.176. The van der Waals surface area contributed by atoms with Crippen molar-refractivity contribution in [3.8, 4) is 22.6 Å². The molecule has 3 N–H and O–H groups in total. The number of aliphatic hydroxyl groups excluding tert-OH is 2. The molecule has 0 radical (unpaired) electrons. The molecule has 0 aliphatic carbocycles. The number of nitrogens with zero attached hydrogens (tertiary/aromatic N) is 4. The molecule has 44 heavy (non-hydrogen) atoms. The van der Waals surface area contributed by atoms with E-state index in [4.69, 9.17) is 26.0 Å². The van der Waals surface area contributed by atoms with E-state index in [1.54, 1.807) is 18.3 Å². The van der Waals surface area contributed by atoms with Crippen molar-refractivity contribution in [1.82, 2.24) is 19.9 Å². The molecule has 1 aliphatic heterocycles. The summed E-state index contributed by atoms with van der Waals surface area (Å²) < 4.78 is 6.11.